The Morgan fingerprint density at radius 2 is 1.89 bits per heavy atom. The molecular formula is C13H23N5O. The summed E-state index contributed by atoms with van der Waals surface area (Å²) in [7, 11) is 2.14. The average molecular weight is 265 g/mol. The second kappa shape index (κ2) is 7.37. The maximum atomic E-state index is 8.69. The Bertz CT molecular complexity index is 362. The van der Waals surface area contributed by atoms with E-state index in [0.717, 1.165) is 57.2 Å². The number of nitrogens with zero attached hydrogens (tertiary/aromatic N) is 4. The van der Waals surface area contributed by atoms with E-state index in [1.54, 1.807) is 0 Å². The number of aliphatic hydroxyl groups is 1. The lowest BCUT2D eigenvalue weighted by molar-refractivity contribution is 0.286. The maximum Gasteiger partial charge on any atom is 0.225 e. The van der Waals surface area contributed by atoms with Crippen molar-refractivity contribution in [2.24, 2.45) is 0 Å². The molecule has 0 amide bonds. The molecule has 1 aliphatic heterocycles. The Hall–Kier alpha value is -1.24. The van der Waals surface area contributed by atoms with Gasteiger partial charge in [-0.25, -0.2) is 9.97 Å². The fourth-order valence-electron chi connectivity index (χ4n) is 2.05. The number of anilines is 1. The summed E-state index contributed by atoms with van der Waals surface area (Å²) in [5.74, 6) is 0.826. The van der Waals surface area contributed by atoms with Gasteiger partial charge in [0.25, 0.3) is 0 Å². The summed E-state index contributed by atoms with van der Waals surface area (Å²) < 4.78 is 0. The smallest absolute Gasteiger partial charge is 0.225 e. The van der Waals surface area contributed by atoms with Crippen molar-refractivity contribution in [2.75, 3.05) is 51.3 Å². The topological polar surface area (TPSA) is 64.5 Å². The van der Waals surface area contributed by atoms with Crippen LogP contribution in [0.2, 0.25) is 0 Å². The minimum Gasteiger partial charge on any atom is -0.396 e. The van der Waals surface area contributed by atoms with Crippen LogP contribution in [0.3, 0.4) is 0 Å². The van der Waals surface area contributed by atoms with Crippen molar-refractivity contribution < 1.29 is 5.11 Å². The molecule has 1 aromatic rings. The van der Waals surface area contributed by atoms with Gasteiger partial charge in [0.2, 0.25) is 5.95 Å². The van der Waals surface area contributed by atoms with Gasteiger partial charge in [0.05, 0.1) is 0 Å². The molecule has 0 atom stereocenters. The molecular weight excluding hydrogens is 242 g/mol. The zero-order valence-electron chi connectivity index (χ0n) is 11.5. The van der Waals surface area contributed by atoms with Crippen LogP contribution in [0.5, 0.6) is 0 Å². The predicted molar refractivity (Wildman–Crippen MR) is 75.2 cm³/mol. The molecule has 1 aromatic heterocycles. The maximum absolute atomic E-state index is 8.69. The first-order chi connectivity index (χ1) is 9.29. The van der Waals surface area contributed by atoms with Crippen LogP contribution in [0, 0.1) is 0 Å². The zero-order valence-corrected chi connectivity index (χ0v) is 11.5. The number of likely N-dealkylation sites (N-methyl/N-ethyl adjacent to an activating group) is 1. The molecule has 0 unspecified atom stereocenters. The van der Waals surface area contributed by atoms with Gasteiger partial charge in [0.15, 0.2) is 0 Å². The van der Waals surface area contributed by atoms with E-state index in [-0.39, 0.29) is 6.61 Å². The fourth-order valence-corrected chi connectivity index (χ4v) is 2.05. The summed E-state index contributed by atoms with van der Waals surface area (Å²) in [6.07, 6.45) is 4.54. The molecule has 106 valence electrons. The second-order valence-electron chi connectivity index (χ2n) is 4.94. The molecule has 0 aliphatic carbocycles. The first kappa shape index (κ1) is 14.2. The molecule has 6 nitrogen and oxygen atoms in total. The standard InChI is InChI=1S/C13H23N5O/c1-17-4-6-18(7-5-17)13-15-10-12(11-16-13)9-14-3-2-8-19/h10-11,14,19H,2-9H2,1H3. The lowest BCUT2D eigenvalue weighted by Gasteiger charge is -2.32. The molecule has 0 radical (unpaired) electrons. The van der Waals surface area contributed by atoms with E-state index < -0.39 is 0 Å². The molecule has 1 saturated heterocycles. The third-order valence-electron chi connectivity index (χ3n) is 3.32. The molecule has 19 heavy (non-hydrogen) atoms. The normalized spacial score (nSPS) is 16.8. The lowest BCUT2D eigenvalue weighted by Crippen LogP contribution is -2.45. The van der Waals surface area contributed by atoms with E-state index in [1.165, 1.54) is 0 Å². The summed E-state index contributed by atoms with van der Waals surface area (Å²) in [5.41, 5.74) is 1.08. The monoisotopic (exact) mass is 265 g/mol. The SMILES string of the molecule is CN1CCN(c2ncc(CNCCCO)cn2)CC1. The van der Waals surface area contributed by atoms with Crippen LogP contribution >= 0.6 is 0 Å². The van der Waals surface area contributed by atoms with E-state index in [0.29, 0.717) is 0 Å². The average Bonchev–Trinajstić information content (AvgIpc) is 2.45. The van der Waals surface area contributed by atoms with Crippen LogP contribution in [0.1, 0.15) is 12.0 Å². The third kappa shape index (κ3) is 4.41. The Balaban J connectivity index is 1.81. The minimum atomic E-state index is 0.228. The Morgan fingerprint density at radius 3 is 2.53 bits per heavy atom. The van der Waals surface area contributed by atoms with Crippen LogP contribution in [0.25, 0.3) is 0 Å². The Morgan fingerprint density at radius 1 is 1.21 bits per heavy atom. The van der Waals surface area contributed by atoms with Gasteiger partial charge in [-0.05, 0) is 20.0 Å². The van der Waals surface area contributed by atoms with Crippen molar-refractivity contribution in [3.63, 3.8) is 0 Å². The van der Waals surface area contributed by atoms with Gasteiger partial charge < -0.3 is 20.2 Å². The quantitative estimate of drug-likeness (QED) is 0.689. The predicted octanol–water partition coefficient (Wildman–Crippen LogP) is -0.300. The van der Waals surface area contributed by atoms with Gasteiger partial charge >= 0.3 is 0 Å². The molecule has 0 saturated carbocycles. The van der Waals surface area contributed by atoms with Crippen molar-refractivity contribution in [2.45, 2.75) is 13.0 Å². The van der Waals surface area contributed by atoms with Crippen molar-refractivity contribution in [1.29, 1.82) is 0 Å². The van der Waals surface area contributed by atoms with Crippen LogP contribution < -0.4 is 10.2 Å². The lowest BCUT2D eigenvalue weighted by atomic mass is 10.3. The van der Waals surface area contributed by atoms with Gasteiger partial charge in [-0.1, -0.05) is 0 Å². The van der Waals surface area contributed by atoms with E-state index >= 15 is 0 Å². The first-order valence-electron chi connectivity index (χ1n) is 6.85. The Kier molecular flexibility index (Phi) is 5.50. The van der Waals surface area contributed by atoms with Crippen molar-refractivity contribution in [3.05, 3.63) is 18.0 Å². The molecule has 6 heteroatoms. The number of nitrogens with one attached hydrogen (secondary N) is 1. The summed E-state index contributed by atoms with van der Waals surface area (Å²) in [6, 6.07) is 0. The number of hydrogen-bond acceptors (Lipinski definition) is 6. The highest BCUT2D eigenvalue weighted by molar-refractivity contribution is 5.30. The van der Waals surface area contributed by atoms with Crippen LogP contribution in [0.15, 0.2) is 12.4 Å². The summed E-state index contributed by atoms with van der Waals surface area (Å²) in [5, 5.41) is 11.9. The van der Waals surface area contributed by atoms with Crippen LogP contribution in [0.4, 0.5) is 5.95 Å². The molecule has 0 aromatic carbocycles. The molecule has 0 spiro atoms. The summed E-state index contributed by atoms with van der Waals surface area (Å²) in [6.45, 7) is 5.91. The Labute approximate surface area is 114 Å². The van der Waals surface area contributed by atoms with Crippen LogP contribution in [-0.2, 0) is 6.54 Å². The number of rotatable bonds is 6. The molecule has 2 rings (SSSR count). The minimum absolute atomic E-state index is 0.228. The zero-order chi connectivity index (χ0) is 13.5. The van der Waals surface area contributed by atoms with E-state index in [4.69, 9.17) is 5.11 Å². The van der Waals surface area contributed by atoms with E-state index in [1.807, 2.05) is 12.4 Å². The molecule has 2 N–H and O–H groups in total. The molecule has 1 fully saturated rings. The van der Waals surface area contributed by atoms with Gasteiger partial charge in [-0.2, -0.15) is 0 Å². The van der Waals surface area contributed by atoms with Crippen molar-refractivity contribution in [1.82, 2.24) is 20.2 Å². The van der Waals surface area contributed by atoms with Crippen LogP contribution in [-0.4, -0.2) is 66.4 Å². The van der Waals surface area contributed by atoms with Crippen molar-refractivity contribution >= 4 is 5.95 Å². The van der Waals surface area contributed by atoms with E-state index in [9.17, 15) is 0 Å². The largest absolute Gasteiger partial charge is 0.396 e. The summed E-state index contributed by atoms with van der Waals surface area (Å²) in [4.78, 5) is 13.4. The number of piperazine rings is 1. The fraction of sp³-hybridized carbons (Fsp3) is 0.692. The third-order valence-corrected chi connectivity index (χ3v) is 3.32. The molecule has 2 heterocycles. The van der Waals surface area contributed by atoms with E-state index in [2.05, 4.69) is 32.1 Å². The highest BCUT2D eigenvalue weighted by atomic mass is 16.3. The second-order valence-corrected chi connectivity index (χ2v) is 4.94. The number of aromatic nitrogens is 2. The number of aliphatic hydroxyl groups excluding tert-OH is 1. The molecule has 1 aliphatic rings. The summed E-state index contributed by atoms with van der Waals surface area (Å²) >= 11 is 0. The number of hydrogen-bond donors (Lipinski definition) is 2. The highest BCUT2D eigenvalue weighted by Gasteiger charge is 2.15. The van der Waals surface area contributed by atoms with Crippen molar-refractivity contribution in [3.8, 4) is 0 Å². The highest BCUT2D eigenvalue weighted by Crippen LogP contribution is 2.09. The van der Waals surface area contributed by atoms with Gasteiger partial charge in [0.1, 0.15) is 0 Å². The molecule has 0 bridgehead atoms. The van der Waals surface area contributed by atoms with Gasteiger partial charge in [-0.15, -0.1) is 0 Å². The first-order valence-corrected chi connectivity index (χ1v) is 6.85. The van der Waals surface area contributed by atoms with Gasteiger partial charge in [0, 0.05) is 57.3 Å². The van der Waals surface area contributed by atoms with Gasteiger partial charge in [-0.3, -0.25) is 0 Å².